The largest absolute Gasteiger partial charge is 0.471 e. The second kappa shape index (κ2) is 5.26. The van der Waals surface area contributed by atoms with Crippen LogP contribution in [0.4, 0.5) is 10.4 Å². The van der Waals surface area contributed by atoms with Gasteiger partial charge >= 0.3 is 6.01 Å². The first-order valence-electron chi connectivity index (χ1n) is 6.11. The van der Waals surface area contributed by atoms with Gasteiger partial charge < -0.3 is 8.83 Å². The van der Waals surface area contributed by atoms with Crippen molar-refractivity contribution in [3.63, 3.8) is 0 Å². The van der Waals surface area contributed by atoms with Crippen LogP contribution >= 0.6 is 0 Å². The third-order valence-corrected chi connectivity index (χ3v) is 4.18. The van der Waals surface area contributed by atoms with Gasteiger partial charge in [0.2, 0.25) is 5.89 Å². The number of nitrogens with zero attached hydrogens (tertiary/aromatic N) is 2. The molecule has 0 atom stereocenters. The average molecular weight is 323 g/mol. The first-order chi connectivity index (χ1) is 10.5. The molecule has 0 saturated carbocycles. The fourth-order valence-corrected chi connectivity index (χ4v) is 2.62. The molecule has 0 unspecified atom stereocenters. The highest BCUT2D eigenvalue weighted by Gasteiger charge is 2.20. The van der Waals surface area contributed by atoms with Crippen molar-refractivity contribution in [3.8, 4) is 11.5 Å². The van der Waals surface area contributed by atoms with Gasteiger partial charge in [-0.1, -0.05) is 11.2 Å². The maximum Gasteiger partial charge on any atom is 0.330 e. The molecule has 2 heterocycles. The van der Waals surface area contributed by atoms with Gasteiger partial charge in [-0.15, -0.1) is 5.10 Å². The highest BCUT2D eigenvalue weighted by molar-refractivity contribution is 7.92. The molecule has 1 N–H and O–H groups in total. The summed E-state index contributed by atoms with van der Waals surface area (Å²) in [6.45, 7) is 1.74. The maximum atomic E-state index is 13.3. The van der Waals surface area contributed by atoms with Crippen LogP contribution in [0.25, 0.3) is 11.5 Å². The molecule has 0 amide bonds. The molecule has 0 aliphatic carbocycles. The van der Waals surface area contributed by atoms with Crippen LogP contribution in [0.1, 0.15) is 5.56 Å². The Morgan fingerprint density at radius 1 is 1.23 bits per heavy atom. The molecule has 0 radical (unpaired) electrons. The minimum absolute atomic E-state index is 0.0156. The van der Waals surface area contributed by atoms with E-state index < -0.39 is 15.8 Å². The molecular formula is C13H10FN3O4S. The Labute approximate surface area is 124 Å². The lowest BCUT2D eigenvalue weighted by molar-refractivity contribution is 0.555. The van der Waals surface area contributed by atoms with E-state index >= 15 is 0 Å². The van der Waals surface area contributed by atoms with Crippen LogP contribution in [0, 0.1) is 12.7 Å². The van der Waals surface area contributed by atoms with Gasteiger partial charge in [-0.25, -0.2) is 17.5 Å². The summed E-state index contributed by atoms with van der Waals surface area (Å²) in [6, 6.07) is 5.05. The zero-order chi connectivity index (χ0) is 15.7. The van der Waals surface area contributed by atoms with E-state index in [4.69, 9.17) is 8.83 Å². The van der Waals surface area contributed by atoms with Crippen molar-refractivity contribution < 1.29 is 21.6 Å². The van der Waals surface area contributed by atoms with E-state index in [0.717, 1.165) is 6.26 Å². The Morgan fingerprint density at radius 3 is 2.77 bits per heavy atom. The van der Waals surface area contributed by atoms with Gasteiger partial charge in [-0.05, 0) is 30.7 Å². The summed E-state index contributed by atoms with van der Waals surface area (Å²) in [5, 5.41) is 7.32. The van der Waals surface area contributed by atoms with Crippen molar-refractivity contribution in [3.05, 3.63) is 48.2 Å². The third kappa shape index (κ3) is 2.70. The van der Waals surface area contributed by atoms with Crippen LogP contribution in [-0.2, 0) is 10.0 Å². The van der Waals surface area contributed by atoms with Crippen molar-refractivity contribution in [2.75, 3.05) is 4.72 Å². The fraction of sp³-hybridized carbons (Fsp3) is 0.0769. The standard InChI is InChI=1S/C13H10FN3O4S/c1-8-2-3-9(14)6-11(8)12-15-16-13(21-12)17-22(18,19)10-4-5-20-7-10/h2-7H,1H3,(H,16,17). The Balaban J connectivity index is 1.90. The molecule has 9 heteroatoms. The van der Waals surface area contributed by atoms with Crippen LogP contribution in [0.5, 0.6) is 0 Å². The molecule has 3 rings (SSSR count). The first-order valence-corrected chi connectivity index (χ1v) is 7.59. The summed E-state index contributed by atoms with van der Waals surface area (Å²) in [6.07, 6.45) is 2.29. The quantitative estimate of drug-likeness (QED) is 0.792. The van der Waals surface area contributed by atoms with Gasteiger partial charge in [0.25, 0.3) is 10.0 Å². The fourth-order valence-electron chi connectivity index (χ4n) is 1.78. The van der Waals surface area contributed by atoms with E-state index in [9.17, 15) is 12.8 Å². The van der Waals surface area contributed by atoms with E-state index in [1.54, 1.807) is 13.0 Å². The molecule has 0 spiro atoms. The molecule has 1 aromatic carbocycles. The molecule has 0 saturated heterocycles. The van der Waals surface area contributed by atoms with Crippen molar-refractivity contribution in [1.29, 1.82) is 0 Å². The summed E-state index contributed by atoms with van der Waals surface area (Å²) in [7, 11) is -3.87. The minimum Gasteiger partial charge on any atom is -0.471 e. The van der Waals surface area contributed by atoms with E-state index in [2.05, 4.69) is 14.9 Å². The number of sulfonamides is 1. The molecule has 7 nitrogen and oxygen atoms in total. The second-order valence-electron chi connectivity index (χ2n) is 4.44. The summed E-state index contributed by atoms with van der Waals surface area (Å²) in [5.74, 6) is -0.443. The number of hydrogen-bond donors (Lipinski definition) is 1. The van der Waals surface area contributed by atoms with Crippen molar-refractivity contribution in [2.45, 2.75) is 11.8 Å². The smallest absolute Gasteiger partial charge is 0.330 e. The Hall–Kier alpha value is -2.68. The van der Waals surface area contributed by atoms with E-state index in [-0.39, 0.29) is 16.8 Å². The molecule has 114 valence electrons. The Bertz CT molecular complexity index is 903. The van der Waals surface area contributed by atoms with Gasteiger partial charge in [-0.2, -0.15) is 0 Å². The highest BCUT2D eigenvalue weighted by atomic mass is 32.2. The zero-order valence-corrected chi connectivity index (χ0v) is 12.1. The molecule has 0 bridgehead atoms. The molecule has 0 aliphatic heterocycles. The first kappa shape index (κ1) is 14.3. The van der Waals surface area contributed by atoms with Crippen LogP contribution in [0.3, 0.4) is 0 Å². The lowest BCUT2D eigenvalue weighted by Crippen LogP contribution is -2.12. The number of benzene rings is 1. The number of anilines is 1. The van der Waals surface area contributed by atoms with Gasteiger partial charge in [-0.3, -0.25) is 0 Å². The van der Waals surface area contributed by atoms with Gasteiger partial charge in [0, 0.05) is 5.56 Å². The monoisotopic (exact) mass is 323 g/mol. The maximum absolute atomic E-state index is 13.3. The molecular weight excluding hydrogens is 313 g/mol. The predicted molar refractivity (Wildman–Crippen MR) is 73.9 cm³/mol. The highest BCUT2D eigenvalue weighted by Crippen LogP contribution is 2.25. The number of aryl methyl sites for hydroxylation is 1. The van der Waals surface area contributed by atoms with Crippen LogP contribution in [0.2, 0.25) is 0 Å². The number of nitrogens with one attached hydrogen (secondary N) is 1. The number of aromatic nitrogens is 2. The number of hydrogen-bond acceptors (Lipinski definition) is 6. The summed E-state index contributed by atoms with van der Waals surface area (Å²) in [5.41, 5.74) is 1.11. The Morgan fingerprint density at radius 2 is 2.05 bits per heavy atom. The molecule has 2 aromatic heterocycles. The number of halogens is 1. The third-order valence-electron chi connectivity index (χ3n) is 2.88. The van der Waals surface area contributed by atoms with E-state index in [1.165, 1.54) is 24.5 Å². The summed E-state index contributed by atoms with van der Waals surface area (Å²) in [4.78, 5) is -0.0748. The van der Waals surface area contributed by atoms with Crippen LogP contribution < -0.4 is 4.72 Å². The van der Waals surface area contributed by atoms with Crippen molar-refractivity contribution in [2.24, 2.45) is 0 Å². The van der Waals surface area contributed by atoms with Gasteiger partial charge in [0.1, 0.15) is 17.0 Å². The molecule has 0 aliphatic rings. The number of furan rings is 1. The molecule has 22 heavy (non-hydrogen) atoms. The SMILES string of the molecule is Cc1ccc(F)cc1-c1nnc(NS(=O)(=O)c2ccoc2)o1. The van der Waals surface area contributed by atoms with Crippen molar-refractivity contribution >= 4 is 16.0 Å². The van der Waals surface area contributed by atoms with E-state index in [0.29, 0.717) is 11.1 Å². The van der Waals surface area contributed by atoms with Crippen molar-refractivity contribution in [1.82, 2.24) is 10.2 Å². The topological polar surface area (TPSA) is 98.2 Å². The summed E-state index contributed by atoms with van der Waals surface area (Å²) >= 11 is 0. The molecule has 3 aromatic rings. The lowest BCUT2D eigenvalue weighted by atomic mass is 10.1. The second-order valence-corrected chi connectivity index (χ2v) is 6.12. The average Bonchev–Trinajstić information content (AvgIpc) is 3.12. The Kier molecular flexibility index (Phi) is 3.41. The van der Waals surface area contributed by atoms with Crippen LogP contribution in [-0.4, -0.2) is 18.6 Å². The summed E-state index contributed by atoms with van der Waals surface area (Å²) < 4.78 is 49.3. The number of rotatable bonds is 4. The van der Waals surface area contributed by atoms with Crippen LogP contribution in [0.15, 0.2) is 50.5 Å². The zero-order valence-electron chi connectivity index (χ0n) is 11.3. The predicted octanol–water partition coefficient (Wildman–Crippen LogP) is 2.58. The van der Waals surface area contributed by atoms with E-state index in [1.807, 2.05) is 0 Å². The lowest BCUT2D eigenvalue weighted by Gasteiger charge is -2.01. The normalized spacial score (nSPS) is 11.5. The molecule has 0 fully saturated rings. The van der Waals surface area contributed by atoms with Gasteiger partial charge in [0.15, 0.2) is 0 Å². The van der Waals surface area contributed by atoms with Gasteiger partial charge in [0.05, 0.1) is 6.26 Å². The minimum atomic E-state index is -3.87.